The molecule has 0 spiro atoms. The summed E-state index contributed by atoms with van der Waals surface area (Å²) in [6.07, 6.45) is 0. The van der Waals surface area contributed by atoms with E-state index in [9.17, 15) is 4.39 Å². The Balaban J connectivity index is 2.29. The van der Waals surface area contributed by atoms with E-state index in [4.69, 9.17) is 14.0 Å². The van der Waals surface area contributed by atoms with Crippen molar-refractivity contribution in [2.45, 2.75) is 45.8 Å². The summed E-state index contributed by atoms with van der Waals surface area (Å²) in [6, 6.07) is 4.54. The van der Waals surface area contributed by atoms with Gasteiger partial charge in [0.25, 0.3) is 0 Å². The van der Waals surface area contributed by atoms with Crippen molar-refractivity contribution in [3.05, 3.63) is 24.0 Å². The van der Waals surface area contributed by atoms with E-state index < -0.39 is 18.3 Å². The van der Waals surface area contributed by atoms with Crippen molar-refractivity contribution in [3.8, 4) is 5.75 Å². The fourth-order valence-electron chi connectivity index (χ4n) is 1.95. The zero-order valence-corrected chi connectivity index (χ0v) is 12.1. The molecule has 0 bridgehead atoms. The van der Waals surface area contributed by atoms with Gasteiger partial charge in [0.1, 0.15) is 11.6 Å². The average molecular weight is 266 g/mol. The van der Waals surface area contributed by atoms with Gasteiger partial charge in [-0.15, -0.1) is 0 Å². The maximum absolute atomic E-state index is 13.6. The third-order valence-corrected chi connectivity index (χ3v) is 3.73. The van der Waals surface area contributed by atoms with E-state index in [2.05, 4.69) is 0 Å². The first-order valence-electron chi connectivity index (χ1n) is 6.54. The summed E-state index contributed by atoms with van der Waals surface area (Å²) >= 11 is 0. The molecule has 0 aromatic heterocycles. The molecular weight excluding hydrogens is 246 g/mol. The molecule has 1 fully saturated rings. The Labute approximate surface area is 114 Å². The van der Waals surface area contributed by atoms with Crippen molar-refractivity contribution in [1.82, 2.24) is 0 Å². The molecule has 104 valence electrons. The van der Waals surface area contributed by atoms with Crippen LogP contribution in [0.15, 0.2) is 18.2 Å². The second kappa shape index (κ2) is 4.80. The highest BCUT2D eigenvalue weighted by Crippen LogP contribution is 2.36. The van der Waals surface area contributed by atoms with Crippen molar-refractivity contribution < 1.29 is 18.4 Å². The predicted molar refractivity (Wildman–Crippen MR) is 73.3 cm³/mol. The molecular formula is C14H20BFO3. The molecule has 1 aliphatic heterocycles. The molecule has 1 heterocycles. The summed E-state index contributed by atoms with van der Waals surface area (Å²) in [5.41, 5.74) is -0.229. The van der Waals surface area contributed by atoms with Crippen molar-refractivity contribution in [3.63, 3.8) is 0 Å². The van der Waals surface area contributed by atoms with Gasteiger partial charge in [-0.3, -0.25) is 0 Å². The molecule has 2 rings (SSSR count). The minimum Gasteiger partial charge on any atom is -0.494 e. The van der Waals surface area contributed by atoms with E-state index in [0.29, 0.717) is 17.8 Å². The van der Waals surface area contributed by atoms with Crippen molar-refractivity contribution in [2.75, 3.05) is 6.61 Å². The van der Waals surface area contributed by atoms with E-state index in [1.54, 1.807) is 6.07 Å². The standard InChI is InChI=1S/C14H20BFO3/c1-6-17-12-8-10(7-11(16)9-12)15-18-13(2,3)14(4,5)19-15/h7-9H,6H2,1-5H3. The highest BCUT2D eigenvalue weighted by atomic mass is 19.1. The Hall–Kier alpha value is -1.07. The predicted octanol–water partition coefficient (Wildman–Crippen LogP) is 2.52. The van der Waals surface area contributed by atoms with Crippen LogP contribution in [0, 0.1) is 5.82 Å². The molecule has 1 aliphatic rings. The average Bonchev–Trinajstić information content (AvgIpc) is 2.48. The lowest BCUT2D eigenvalue weighted by molar-refractivity contribution is 0.00578. The molecule has 0 amide bonds. The molecule has 1 aromatic carbocycles. The van der Waals surface area contributed by atoms with Crippen LogP contribution in [0.2, 0.25) is 0 Å². The monoisotopic (exact) mass is 266 g/mol. The molecule has 5 heteroatoms. The summed E-state index contributed by atoms with van der Waals surface area (Å²) in [7, 11) is -0.570. The molecule has 0 atom stereocenters. The minimum atomic E-state index is -0.570. The van der Waals surface area contributed by atoms with E-state index in [1.165, 1.54) is 12.1 Å². The van der Waals surface area contributed by atoms with E-state index >= 15 is 0 Å². The summed E-state index contributed by atoms with van der Waals surface area (Å²) in [5.74, 6) is 0.142. The maximum Gasteiger partial charge on any atom is 0.495 e. The number of ether oxygens (including phenoxy) is 1. The van der Waals surface area contributed by atoms with Gasteiger partial charge >= 0.3 is 7.12 Å². The Kier molecular flexibility index (Phi) is 3.62. The molecule has 0 unspecified atom stereocenters. The zero-order valence-electron chi connectivity index (χ0n) is 12.1. The number of hydrogen-bond donors (Lipinski definition) is 0. The number of rotatable bonds is 3. The third-order valence-electron chi connectivity index (χ3n) is 3.73. The Bertz CT molecular complexity index is 458. The highest BCUT2D eigenvalue weighted by Gasteiger charge is 2.51. The topological polar surface area (TPSA) is 27.7 Å². The van der Waals surface area contributed by atoms with Crippen LogP contribution in [0.5, 0.6) is 5.75 Å². The molecule has 0 saturated carbocycles. The second-order valence-corrected chi connectivity index (χ2v) is 5.74. The summed E-state index contributed by atoms with van der Waals surface area (Å²) in [5, 5.41) is 0. The molecule has 19 heavy (non-hydrogen) atoms. The summed E-state index contributed by atoms with van der Waals surface area (Å²) < 4.78 is 30.7. The molecule has 0 aliphatic carbocycles. The quantitative estimate of drug-likeness (QED) is 0.787. The Morgan fingerprint density at radius 1 is 1.11 bits per heavy atom. The number of hydrogen-bond acceptors (Lipinski definition) is 3. The molecule has 3 nitrogen and oxygen atoms in total. The van der Waals surface area contributed by atoms with Crippen LogP contribution in [-0.2, 0) is 9.31 Å². The first-order valence-corrected chi connectivity index (χ1v) is 6.54. The van der Waals surface area contributed by atoms with Crippen LogP contribution >= 0.6 is 0 Å². The van der Waals surface area contributed by atoms with Gasteiger partial charge in [0.05, 0.1) is 17.8 Å². The van der Waals surface area contributed by atoms with Gasteiger partial charge in [0, 0.05) is 6.07 Å². The van der Waals surface area contributed by atoms with E-state index in [1.807, 2.05) is 34.6 Å². The van der Waals surface area contributed by atoms with E-state index in [-0.39, 0.29) is 5.82 Å². The SMILES string of the molecule is CCOc1cc(F)cc(B2OC(C)(C)C(C)(C)O2)c1. The van der Waals surface area contributed by atoms with Crippen molar-refractivity contribution >= 4 is 12.6 Å². The van der Waals surface area contributed by atoms with Gasteiger partial charge in [-0.2, -0.15) is 0 Å². The smallest absolute Gasteiger partial charge is 0.494 e. The van der Waals surface area contributed by atoms with Gasteiger partial charge in [0.15, 0.2) is 0 Å². The van der Waals surface area contributed by atoms with Gasteiger partial charge < -0.3 is 14.0 Å². The largest absolute Gasteiger partial charge is 0.495 e. The Morgan fingerprint density at radius 2 is 1.68 bits per heavy atom. The lowest BCUT2D eigenvalue weighted by Gasteiger charge is -2.32. The summed E-state index contributed by atoms with van der Waals surface area (Å²) in [4.78, 5) is 0. The lowest BCUT2D eigenvalue weighted by atomic mass is 9.79. The third kappa shape index (κ3) is 2.77. The van der Waals surface area contributed by atoms with Crippen LogP contribution in [-0.4, -0.2) is 24.9 Å². The fraction of sp³-hybridized carbons (Fsp3) is 0.571. The van der Waals surface area contributed by atoms with Gasteiger partial charge in [-0.1, -0.05) is 0 Å². The van der Waals surface area contributed by atoms with Crippen molar-refractivity contribution in [2.24, 2.45) is 0 Å². The zero-order chi connectivity index (χ0) is 14.3. The first-order chi connectivity index (χ1) is 8.75. The second-order valence-electron chi connectivity index (χ2n) is 5.74. The first kappa shape index (κ1) is 14.3. The van der Waals surface area contributed by atoms with Crippen LogP contribution in [0.25, 0.3) is 0 Å². The highest BCUT2D eigenvalue weighted by molar-refractivity contribution is 6.62. The van der Waals surface area contributed by atoms with Crippen LogP contribution in [0.1, 0.15) is 34.6 Å². The van der Waals surface area contributed by atoms with Gasteiger partial charge in [-0.25, -0.2) is 4.39 Å². The molecule has 1 aromatic rings. The normalized spacial score (nSPS) is 20.6. The lowest BCUT2D eigenvalue weighted by Crippen LogP contribution is -2.41. The van der Waals surface area contributed by atoms with Crippen LogP contribution < -0.4 is 10.2 Å². The van der Waals surface area contributed by atoms with Crippen molar-refractivity contribution in [1.29, 1.82) is 0 Å². The molecule has 0 radical (unpaired) electrons. The molecule has 1 saturated heterocycles. The fourth-order valence-corrected chi connectivity index (χ4v) is 1.95. The van der Waals surface area contributed by atoms with Gasteiger partial charge in [-0.05, 0) is 52.2 Å². The molecule has 0 N–H and O–H groups in total. The number of halogens is 1. The number of benzene rings is 1. The Morgan fingerprint density at radius 3 is 2.21 bits per heavy atom. The van der Waals surface area contributed by atoms with Crippen LogP contribution in [0.4, 0.5) is 4.39 Å². The van der Waals surface area contributed by atoms with Crippen LogP contribution in [0.3, 0.4) is 0 Å². The maximum atomic E-state index is 13.6. The minimum absolute atomic E-state index is 0.351. The van der Waals surface area contributed by atoms with E-state index in [0.717, 1.165) is 0 Å². The summed E-state index contributed by atoms with van der Waals surface area (Å²) in [6.45, 7) is 10.2. The van der Waals surface area contributed by atoms with Gasteiger partial charge in [0.2, 0.25) is 0 Å².